The number of pyridine rings is 1. The Kier molecular flexibility index (Phi) is 5.06. The van der Waals surface area contributed by atoms with Crippen molar-refractivity contribution in [3.8, 4) is 0 Å². The lowest BCUT2D eigenvalue weighted by atomic mass is 10.1. The van der Waals surface area contributed by atoms with Gasteiger partial charge in [0.15, 0.2) is 5.65 Å². The van der Waals surface area contributed by atoms with Crippen LogP contribution in [0.3, 0.4) is 0 Å². The molecule has 4 heterocycles. The van der Waals surface area contributed by atoms with E-state index in [1.54, 1.807) is 18.5 Å². The quantitative estimate of drug-likeness (QED) is 0.603. The largest absolute Gasteiger partial charge is 0.433 e. The molecule has 3 aromatic rings. The zero-order valence-corrected chi connectivity index (χ0v) is 16.7. The van der Waals surface area contributed by atoms with Gasteiger partial charge < -0.3 is 0 Å². The highest BCUT2D eigenvalue weighted by atomic mass is 19.4. The van der Waals surface area contributed by atoms with Gasteiger partial charge in [-0.3, -0.25) is 9.88 Å². The highest BCUT2D eigenvalue weighted by Crippen LogP contribution is 2.39. The minimum absolute atomic E-state index is 0.0385. The maximum atomic E-state index is 13.7. The molecule has 154 valence electrons. The average Bonchev–Trinajstić information content (AvgIpc) is 3.32. The van der Waals surface area contributed by atoms with E-state index in [0.717, 1.165) is 35.5 Å². The lowest BCUT2D eigenvalue weighted by molar-refractivity contribution is -0.142. The van der Waals surface area contributed by atoms with E-state index in [1.165, 1.54) is 0 Å². The summed E-state index contributed by atoms with van der Waals surface area (Å²) in [7, 11) is 0. The molecular formula is C21H24F3N5. The number of fused-ring (bicyclic) bond motifs is 1. The first-order valence-electron chi connectivity index (χ1n) is 9.89. The number of halogens is 3. The summed E-state index contributed by atoms with van der Waals surface area (Å²) in [5, 5.41) is 4.37. The number of hydrogen-bond donors (Lipinski definition) is 0. The van der Waals surface area contributed by atoms with Gasteiger partial charge in [-0.25, -0.2) is 9.50 Å². The molecule has 1 aliphatic rings. The summed E-state index contributed by atoms with van der Waals surface area (Å²) in [6.07, 6.45) is 0.861. The van der Waals surface area contributed by atoms with E-state index in [4.69, 9.17) is 0 Å². The summed E-state index contributed by atoms with van der Waals surface area (Å²) in [6.45, 7) is 6.66. The van der Waals surface area contributed by atoms with Crippen molar-refractivity contribution in [2.45, 2.75) is 57.8 Å². The van der Waals surface area contributed by atoms with Crippen molar-refractivity contribution in [2.75, 3.05) is 6.54 Å². The predicted octanol–water partition coefficient (Wildman–Crippen LogP) is 5.16. The van der Waals surface area contributed by atoms with Gasteiger partial charge in [0.2, 0.25) is 0 Å². The van der Waals surface area contributed by atoms with E-state index in [9.17, 15) is 13.2 Å². The minimum Gasteiger partial charge on any atom is -0.288 e. The highest BCUT2D eigenvalue weighted by molar-refractivity contribution is 5.44. The molecule has 1 fully saturated rings. The fraction of sp³-hybridized carbons (Fsp3) is 0.476. The molecule has 0 aromatic carbocycles. The third kappa shape index (κ3) is 3.73. The van der Waals surface area contributed by atoms with Gasteiger partial charge in [-0.2, -0.15) is 18.3 Å². The van der Waals surface area contributed by atoms with Crippen molar-refractivity contribution in [2.24, 2.45) is 0 Å². The Hall–Kier alpha value is -2.48. The molecule has 3 aromatic heterocycles. The van der Waals surface area contributed by atoms with E-state index in [0.29, 0.717) is 11.4 Å². The van der Waals surface area contributed by atoms with Gasteiger partial charge in [0, 0.05) is 30.2 Å². The summed E-state index contributed by atoms with van der Waals surface area (Å²) in [4.78, 5) is 10.8. The van der Waals surface area contributed by atoms with Crippen LogP contribution in [-0.4, -0.2) is 31.0 Å². The van der Waals surface area contributed by atoms with Gasteiger partial charge in [-0.1, -0.05) is 13.8 Å². The van der Waals surface area contributed by atoms with Crippen LogP contribution in [0.25, 0.3) is 5.65 Å². The number of aromatic nitrogens is 4. The van der Waals surface area contributed by atoms with Crippen molar-refractivity contribution < 1.29 is 13.2 Å². The molecule has 0 saturated carbocycles. The lowest BCUT2D eigenvalue weighted by Gasteiger charge is -2.30. The smallest absolute Gasteiger partial charge is 0.288 e. The zero-order chi connectivity index (χ0) is 20.8. The van der Waals surface area contributed by atoms with Crippen molar-refractivity contribution >= 4 is 5.65 Å². The summed E-state index contributed by atoms with van der Waals surface area (Å²) in [6, 6.07) is 6.85. The molecule has 2 unspecified atom stereocenters. The first-order valence-corrected chi connectivity index (χ1v) is 9.89. The second-order valence-corrected chi connectivity index (χ2v) is 7.91. The van der Waals surface area contributed by atoms with Crippen molar-refractivity contribution in [3.05, 3.63) is 59.3 Å². The Morgan fingerprint density at radius 3 is 2.48 bits per heavy atom. The summed E-state index contributed by atoms with van der Waals surface area (Å²) in [5.74, 6) is -0.103. The molecule has 8 heteroatoms. The maximum absolute atomic E-state index is 13.7. The second-order valence-electron chi connectivity index (χ2n) is 7.91. The van der Waals surface area contributed by atoms with Crippen molar-refractivity contribution in [1.29, 1.82) is 0 Å². The fourth-order valence-corrected chi connectivity index (χ4v) is 4.08. The Balaban J connectivity index is 1.75. The Labute approximate surface area is 167 Å². The Bertz CT molecular complexity index is 997. The molecule has 0 amide bonds. The maximum Gasteiger partial charge on any atom is 0.433 e. The van der Waals surface area contributed by atoms with E-state index in [2.05, 4.69) is 26.9 Å². The molecule has 2 atom stereocenters. The molecule has 29 heavy (non-hydrogen) atoms. The van der Waals surface area contributed by atoms with Crippen LogP contribution in [0.1, 0.15) is 74.3 Å². The SMILES string of the molecule is CC(C)c1cc(C(F)(F)F)n2nc(C3CCCN3C(C)c3ccncc3)cc2n1. The molecule has 1 saturated heterocycles. The van der Waals surface area contributed by atoms with Gasteiger partial charge in [-0.05, 0) is 56.0 Å². The third-order valence-corrected chi connectivity index (χ3v) is 5.67. The van der Waals surface area contributed by atoms with Crippen LogP contribution < -0.4 is 0 Å². The highest BCUT2D eigenvalue weighted by Gasteiger charge is 2.37. The van der Waals surface area contributed by atoms with E-state index in [1.807, 2.05) is 26.0 Å². The first kappa shape index (κ1) is 19.8. The summed E-state index contributed by atoms with van der Waals surface area (Å²) in [5.41, 5.74) is 1.67. The first-order chi connectivity index (χ1) is 13.8. The van der Waals surface area contributed by atoms with Gasteiger partial charge in [0.05, 0.1) is 11.7 Å². The number of rotatable bonds is 4. The molecule has 0 radical (unpaired) electrons. The second kappa shape index (κ2) is 7.40. The molecule has 0 aliphatic carbocycles. The minimum atomic E-state index is -4.49. The Morgan fingerprint density at radius 2 is 1.83 bits per heavy atom. The third-order valence-electron chi connectivity index (χ3n) is 5.67. The standard InChI is InChI=1S/C21H24F3N5/c1-13(2)16-11-19(21(22,23)24)29-20(26-16)12-17(27-29)18-5-4-10-28(18)14(3)15-6-8-25-9-7-15/h6-9,11-14,18H,4-5,10H2,1-3H3. The van der Waals surface area contributed by atoms with Crippen LogP contribution in [0.2, 0.25) is 0 Å². The monoisotopic (exact) mass is 403 g/mol. The molecule has 5 nitrogen and oxygen atoms in total. The van der Waals surface area contributed by atoms with Crippen LogP contribution in [0.5, 0.6) is 0 Å². The van der Waals surface area contributed by atoms with Gasteiger partial charge >= 0.3 is 6.18 Å². The number of nitrogens with zero attached hydrogens (tertiary/aromatic N) is 5. The van der Waals surface area contributed by atoms with E-state index >= 15 is 0 Å². The fourth-order valence-electron chi connectivity index (χ4n) is 4.08. The van der Waals surface area contributed by atoms with E-state index < -0.39 is 11.9 Å². The molecule has 0 bridgehead atoms. The number of likely N-dealkylation sites (tertiary alicyclic amines) is 1. The van der Waals surface area contributed by atoms with Crippen molar-refractivity contribution in [3.63, 3.8) is 0 Å². The van der Waals surface area contributed by atoms with Crippen LogP contribution >= 0.6 is 0 Å². The van der Waals surface area contributed by atoms with Crippen LogP contribution in [-0.2, 0) is 6.18 Å². The topological polar surface area (TPSA) is 46.3 Å². The predicted molar refractivity (Wildman–Crippen MR) is 103 cm³/mol. The molecule has 1 aliphatic heterocycles. The number of alkyl halides is 3. The number of hydrogen-bond acceptors (Lipinski definition) is 4. The summed E-state index contributed by atoms with van der Waals surface area (Å²) < 4.78 is 42.0. The molecule has 0 spiro atoms. The van der Waals surface area contributed by atoms with Crippen LogP contribution in [0.15, 0.2) is 36.7 Å². The van der Waals surface area contributed by atoms with Crippen LogP contribution in [0, 0.1) is 0 Å². The van der Waals surface area contributed by atoms with Gasteiger partial charge in [-0.15, -0.1) is 0 Å². The van der Waals surface area contributed by atoms with E-state index in [-0.39, 0.29) is 23.6 Å². The average molecular weight is 403 g/mol. The molecule has 4 rings (SSSR count). The van der Waals surface area contributed by atoms with Crippen LogP contribution in [0.4, 0.5) is 13.2 Å². The normalized spacial score (nSPS) is 19.3. The zero-order valence-electron chi connectivity index (χ0n) is 16.7. The van der Waals surface area contributed by atoms with Crippen molar-refractivity contribution in [1.82, 2.24) is 24.5 Å². The summed E-state index contributed by atoms with van der Waals surface area (Å²) >= 11 is 0. The molecule has 0 N–H and O–H groups in total. The molecular weight excluding hydrogens is 379 g/mol. The van der Waals surface area contributed by atoms with Gasteiger partial charge in [0.1, 0.15) is 5.69 Å². The lowest BCUT2D eigenvalue weighted by Crippen LogP contribution is -2.27. The Morgan fingerprint density at radius 1 is 1.10 bits per heavy atom. The van der Waals surface area contributed by atoms with Gasteiger partial charge in [0.25, 0.3) is 0 Å².